The van der Waals surface area contributed by atoms with Gasteiger partial charge in [0, 0.05) is 5.41 Å². The molecule has 4 nitrogen and oxygen atoms in total. The van der Waals surface area contributed by atoms with E-state index in [0.29, 0.717) is 12.8 Å². The van der Waals surface area contributed by atoms with Gasteiger partial charge in [0.25, 0.3) is 0 Å². The van der Waals surface area contributed by atoms with Gasteiger partial charge < -0.3 is 10.2 Å². The third kappa shape index (κ3) is 3.37. The van der Waals surface area contributed by atoms with Crippen LogP contribution < -0.4 is 0 Å². The molecule has 18 heavy (non-hydrogen) atoms. The fourth-order valence-corrected chi connectivity index (χ4v) is 2.40. The first-order chi connectivity index (χ1) is 8.26. The molecule has 2 N–H and O–H groups in total. The van der Waals surface area contributed by atoms with Crippen molar-refractivity contribution in [2.24, 2.45) is 5.41 Å². The molecule has 0 radical (unpaired) electrons. The van der Waals surface area contributed by atoms with Gasteiger partial charge in [0.1, 0.15) is 0 Å². The molecule has 0 aromatic heterocycles. The van der Waals surface area contributed by atoms with E-state index >= 15 is 0 Å². The smallest absolute Gasteiger partial charge is 0.337 e. The summed E-state index contributed by atoms with van der Waals surface area (Å²) in [6.07, 6.45) is 4.32. The van der Waals surface area contributed by atoms with Crippen molar-refractivity contribution in [2.75, 3.05) is 0 Å². The van der Waals surface area contributed by atoms with Gasteiger partial charge in [-0.1, -0.05) is 58.1 Å². The van der Waals surface area contributed by atoms with Crippen LogP contribution in [0.4, 0.5) is 0 Å². The van der Waals surface area contributed by atoms with Crippen molar-refractivity contribution in [1.82, 2.24) is 0 Å². The van der Waals surface area contributed by atoms with Crippen LogP contribution >= 0.6 is 11.6 Å². The normalized spacial score (nSPS) is 12.4. The number of hydrogen-bond donors (Lipinski definition) is 2. The van der Waals surface area contributed by atoms with Crippen LogP contribution in [-0.2, 0) is 9.59 Å². The average molecular weight is 279 g/mol. The van der Waals surface area contributed by atoms with Crippen molar-refractivity contribution in [2.45, 2.75) is 64.2 Å². The second kappa shape index (κ2) is 6.98. The molecule has 0 amide bonds. The van der Waals surface area contributed by atoms with Gasteiger partial charge in [0.15, 0.2) is 0 Å². The summed E-state index contributed by atoms with van der Waals surface area (Å²) in [6.45, 7) is 5.64. The average Bonchev–Trinajstić information content (AvgIpc) is 2.32. The van der Waals surface area contributed by atoms with Gasteiger partial charge in [-0.2, -0.15) is 0 Å². The van der Waals surface area contributed by atoms with E-state index in [4.69, 9.17) is 11.6 Å². The van der Waals surface area contributed by atoms with Crippen molar-refractivity contribution < 1.29 is 19.8 Å². The minimum Gasteiger partial charge on any atom is -0.479 e. The summed E-state index contributed by atoms with van der Waals surface area (Å²) in [5.74, 6) is -2.93. The highest BCUT2D eigenvalue weighted by molar-refractivity contribution is 6.44. The van der Waals surface area contributed by atoms with E-state index in [1.807, 2.05) is 13.8 Å². The SMILES string of the molecule is CCCCC(C)(CCCC)C(Cl)(C(=O)O)C(=O)O. The third-order valence-corrected chi connectivity index (χ3v) is 4.36. The van der Waals surface area contributed by atoms with Crippen molar-refractivity contribution in [1.29, 1.82) is 0 Å². The van der Waals surface area contributed by atoms with Crippen LogP contribution in [0.2, 0.25) is 0 Å². The first-order valence-electron chi connectivity index (χ1n) is 6.42. The lowest BCUT2D eigenvalue weighted by Gasteiger charge is -2.39. The molecule has 106 valence electrons. The van der Waals surface area contributed by atoms with Crippen LogP contribution in [0.3, 0.4) is 0 Å². The number of aliphatic carboxylic acids is 2. The topological polar surface area (TPSA) is 74.6 Å². The van der Waals surface area contributed by atoms with Gasteiger partial charge in [0.05, 0.1) is 0 Å². The largest absolute Gasteiger partial charge is 0.479 e. The quantitative estimate of drug-likeness (QED) is 0.500. The summed E-state index contributed by atoms with van der Waals surface area (Å²) in [5.41, 5.74) is -0.932. The number of alkyl halides is 1. The highest BCUT2D eigenvalue weighted by Gasteiger charge is 2.58. The Hall–Kier alpha value is -0.770. The Morgan fingerprint density at radius 1 is 1.00 bits per heavy atom. The van der Waals surface area contributed by atoms with Crippen LogP contribution in [0.25, 0.3) is 0 Å². The van der Waals surface area contributed by atoms with Gasteiger partial charge in [-0.25, -0.2) is 9.59 Å². The number of carboxylic acids is 2. The number of carboxylic acid groups (broad SMARTS) is 2. The van der Waals surface area contributed by atoms with Crippen molar-refractivity contribution in [3.8, 4) is 0 Å². The molecule has 0 rings (SSSR count). The number of rotatable bonds is 9. The zero-order valence-electron chi connectivity index (χ0n) is 11.3. The fraction of sp³-hybridized carbons (Fsp3) is 0.846. The Labute approximate surface area is 113 Å². The van der Waals surface area contributed by atoms with E-state index in [-0.39, 0.29) is 0 Å². The Bertz CT molecular complexity index is 279. The Kier molecular flexibility index (Phi) is 6.68. The Balaban J connectivity index is 5.35. The Morgan fingerprint density at radius 3 is 1.56 bits per heavy atom. The molecule has 0 aromatic carbocycles. The number of unbranched alkanes of at least 4 members (excludes halogenated alkanes) is 2. The number of halogens is 1. The second-order valence-corrected chi connectivity index (χ2v) is 5.60. The molecule has 0 spiro atoms. The lowest BCUT2D eigenvalue weighted by atomic mass is 9.69. The van der Waals surface area contributed by atoms with Crippen molar-refractivity contribution in [3.05, 3.63) is 0 Å². The summed E-state index contributed by atoms with van der Waals surface area (Å²) in [6, 6.07) is 0. The van der Waals surface area contributed by atoms with Gasteiger partial charge in [-0.05, 0) is 12.8 Å². The fourth-order valence-electron chi connectivity index (χ4n) is 2.21. The lowest BCUT2D eigenvalue weighted by Crippen LogP contribution is -2.54. The summed E-state index contributed by atoms with van der Waals surface area (Å²) in [5, 5.41) is 18.4. The van der Waals surface area contributed by atoms with Gasteiger partial charge in [-0.3, -0.25) is 0 Å². The minimum atomic E-state index is -2.24. The maximum atomic E-state index is 11.3. The molecular weight excluding hydrogens is 256 g/mol. The molecule has 0 saturated heterocycles. The number of carbonyl (C=O) groups is 2. The van der Waals surface area contributed by atoms with Crippen LogP contribution in [-0.4, -0.2) is 27.0 Å². The van der Waals surface area contributed by atoms with E-state index in [2.05, 4.69) is 0 Å². The van der Waals surface area contributed by atoms with Gasteiger partial charge in [0.2, 0.25) is 4.87 Å². The summed E-state index contributed by atoms with van der Waals surface area (Å²) in [4.78, 5) is 20.4. The summed E-state index contributed by atoms with van der Waals surface area (Å²) in [7, 11) is 0. The summed E-state index contributed by atoms with van der Waals surface area (Å²) < 4.78 is 0. The zero-order valence-corrected chi connectivity index (χ0v) is 12.1. The maximum absolute atomic E-state index is 11.3. The monoisotopic (exact) mass is 278 g/mol. The second-order valence-electron chi connectivity index (χ2n) is 5.04. The van der Waals surface area contributed by atoms with Crippen molar-refractivity contribution in [3.63, 3.8) is 0 Å². The molecular formula is C13H23ClO4. The van der Waals surface area contributed by atoms with Gasteiger partial charge >= 0.3 is 11.9 Å². The highest BCUT2D eigenvalue weighted by Crippen LogP contribution is 2.46. The van der Waals surface area contributed by atoms with Crippen LogP contribution in [0, 0.1) is 5.41 Å². The molecule has 0 unspecified atom stereocenters. The van der Waals surface area contributed by atoms with E-state index in [9.17, 15) is 19.8 Å². The molecule has 0 fully saturated rings. The molecule has 0 aromatic rings. The van der Waals surface area contributed by atoms with Gasteiger partial charge in [-0.15, -0.1) is 0 Å². The summed E-state index contributed by atoms with van der Waals surface area (Å²) >= 11 is 5.99. The first-order valence-corrected chi connectivity index (χ1v) is 6.79. The molecule has 0 aliphatic heterocycles. The number of hydrogen-bond acceptors (Lipinski definition) is 2. The van der Waals surface area contributed by atoms with E-state index in [1.54, 1.807) is 6.92 Å². The standard InChI is InChI=1S/C13H23ClO4/c1-4-6-8-12(3,9-7-5-2)13(14,10(15)16)11(17)18/h4-9H2,1-3H3,(H,15,16)(H,17,18). The molecule has 0 bridgehead atoms. The predicted molar refractivity (Wildman–Crippen MR) is 71.0 cm³/mol. The molecule has 0 atom stereocenters. The van der Waals surface area contributed by atoms with Crippen molar-refractivity contribution >= 4 is 23.5 Å². The van der Waals surface area contributed by atoms with E-state index in [0.717, 1.165) is 25.7 Å². The highest BCUT2D eigenvalue weighted by atomic mass is 35.5. The Morgan fingerprint density at radius 2 is 1.33 bits per heavy atom. The maximum Gasteiger partial charge on any atom is 0.337 e. The van der Waals surface area contributed by atoms with Crippen LogP contribution in [0.1, 0.15) is 59.3 Å². The first kappa shape index (κ1) is 17.2. The lowest BCUT2D eigenvalue weighted by molar-refractivity contribution is -0.158. The molecule has 0 aliphatic carbocycles. The van der Waals surface area contributed by atoms with Crippen LogP contribution in [0.5, 0.6) is 0 Å². The molecule has 0 saturated carbocycles. The minimum absolute atomic E-state index is 0.506. The van der Waals surface area contributed by atoms with E-state index < -0.39 is 22.2 Å². The molecule has 0 heterocycles. The molecule has 5 heteroatoms. The zero-order chi connectivity index (χ0) is 14.4. The van der Waals surface area contributed by atoms with Crippen LogP contribution in [0.15, 0.2) is 0 Å². The van der Waals surface area contributed by atoms with E-state index in [1.165, 1.54) is 0 Å². The predicted octanol–water partition coefficient (Wildman–Crippen LogP) is 3.52. The molecule has 0 aliphatic rings. The third-order valence-electron chi connectivity index (χ3n) is 3.59.